The predicted molar refractivity (Wildman–Crippen MR) is 95.1 cm³/mol. The van der Waals surface area contributed by atoms with Crippen molar-refractivity contribution in [3.8, 4) is 0 Å². The van der Waals surface area contributed by atoms with E-state index in [2.05, 4.69) is 4.98 Å². The Morgan fingerprint density at radius 1 is 1.32 bits per heavy atom. The van der Waals surface area contributed by atoms with Crippen molar-refractivity contribution >= 4 is 33.5 Å². The summed E-state index contributed by atoms with van der Waals surface area (Å²) >= 11 is 1.12. The van der Waals surface area contributed by atoms with Gasteiger partial charge in [-0.15, -0.1) is 11.3 Å². The van der Waals surface area contributed by atoms with Crippen LogP contribution in [-0.2, 0) is 14.3 Å². The second-order valence-corrected chi connectivity index (χ2v) is 6.99. The number of nitrogens with zero attached hydrogens (tertiary/aromatic N) is 2. The van der Waals surface area contributed by atoms with Gasteiger partial charge in [-0.3, -0.25) is 9.36 Å². The van der Waals surface area contributed by atoms with Gasteiger partial charge in [0.15, 0.2) is 0 Å². The lowest BCUT2D eigenvalue weighted by Gasteiger charge is -2.13. The Labute approximate surface area is 149 Å². The van der Waals surface area contributed by atoms with Crippen molar-refractivity contribution in [2.24, 2.45) is 0 Å². The van der Waals surface area contributed by atoms with Gasteiger partial charge in [-0.25, -0.2) is 14.6 Å². The van der Waals surface area contributed by atoms with Crippen molar-refractivity contribution in [1.29, 1.82) is 0 Å². The summed E-state index contributed by atoms with van der Waals surface area (Å²) in [6.07, 6.45) is 1.76. The molecule has 0 N–H and O–H groups in total. The number of fused-ring (bicyclic) bond motifs is 1. The normalized spacial score (nSPS) is 12.4. The number of carbonyl (C=O) groups is 2. The maximum Gasteiger partial charge on any atom is 0.348 e. The molecule has 0 aliphatic rings. The van der Waals surface area contributed by atoms with Gasteiger partial charge in [0.25, 0.3) is 5.56 Å². The fraction of sp³-hybridized carbons (Fsp3) is 0.529. The van der Waals surface area contributed by atoms with Gasteiger partial charge in [-0.2, -0.15) is 0 Å². The summed E-state index contributed by atoms with van der Waals surface area (Å²) in [6, 6.07) is -0.790. The molecule has 0 aromatic carbocycles. The molecule has 0 spiro atoms. The average Bonchev–Trinajstić information content (AvgIpc) is 2.89. The number of hydrogen-bond acceptors (Lipinski definition) is 7. The molecule has 0 amide bonds. The molecule has 0 bridgehead atoms. The van der Waals surface area contributed by atoms with Crippen LogP contribution in [0, 0.1) is 6.92 Å². The van der Waals surface area contributed by atoms with Crippen LogP contribution in [0.15, 0.2) is 11.1 Å². The van der Waals surface area contributed by atoms with Gasteiger partial charge in [0.2, 0.25) is 0 Å². The van der Waals surface area contributed by atoms with Crippen LogP contribution in [0.1, 0.15) is 55.4 Å². The fourth-order valence-corrected chi connectivity index (χ4v) is 3.33. The largest absolute Gasteiger partial charge is 0.464 e. The molecule has 1 atom stereocenters. The summed E-state index contributed by atoms with van der Waals surface area (Å²) in [4.78, 5) is 42.0. The average molecular weight is 366 g/mol. The maximum absolute atomic E-state index is 12.8. The number of esters is 2. The van der Waals surface area contributed by atoms with Crippen LogP contribution >= 0.6 is 11.3 Å². The molecule has 0 unspecified atom stereocenters. The molecule has 0 aliphatic carbocycles. The van der Waals surface area contributed by atoms with E-state index in [-0.39, 0.29) is 11.7 Å². The fourth-order valence-electron chi connectivity index (χ4n) is 2.31. The number of thiophene rings is 1. The number of aromatic nitrogens is 2. The maximum atomic E-state index is 12.8. The van der Waals surface area contributed by atoms with E-state index in [1.54, 1.807) is 27.7 Å². The summed E-state index contributed by atoms with van der Waals surface area (Å²) in [5.41, 5.74) is 0.148. The molecule has 0 radical (unpaired) electrons. The number of carbonyl (C=O) groups excluding carboxylic acids is 2. The molecule has 136 valence electrons. The summed E-state index contributed by atoms with van der Waals surface area (Å²) in [5.74, 6) is -0.964. The third kappa shape index (κ3) is 3.89. The van der Waals surface area contributed by atoms with E-state index in [1.165, 1.54) is 10.9 Å². The summed E-state index contributed by atoms with van der Waals surface area (Å²) < 4.78 is 11.5. The Bertz CT molecular complexity index is 853. The second kappa shape index (κ2) is 7.77. The van der Waals surface area contributed by atoms with Gasteiger partial charge in [-0.05, 0) is 39.7 Å². The van der Waals surface area contributed by atoms with Crippen LogP contribution in [0.25, 0.3) is 10.2 Å². The molecule has 2 aromatic rings. The minimum absolute atomic E-state index is 0.255. The van der Waals surface area contributed by atoms with Crippen molar-refractivity contribution in [1.82, 2.24) is 9.55 Å². The van der Waals surface area contributed by atoms with Gasteiger partial charge in [0, 0.05) is 0 Å². The molecule has 2 rings (SSSR count). The second-order valence-electron chi connectivity index (χ2n) is 5.99. The first-order valence-electron chi connectivity index (χ1n) is 8.15. The topological polar surface area (TPSA) is 87.5 Å². The van der Waals surface area contributed by atoms with Crippen LogP contribution in [0.4, 0.5) is 0 Å². The number of hydrogen-bond donors (Lipinski definition) is 0. The highest BCUT2D eigenvalue weighted by Crippen LogP contribution is 2.28. The van der Waals surface area contributed by atoms with E-state index in [0.717, 1.165) is 11.3 Å². The zero-order chi connectivity index (χ0) is 18.7. The molecule has 2 aromatic heterocycles. The zero-order valence-corrected chi connectivity index (χ0v) is 15.8. The van der Waals surface area contributed by atoms with E-state index >= 15 is 0 Å². The van der Waals surface area contributed by atoms with Gasteiger partial charge in [0.05, 0.1) is 24.4 Å². The predicted octanol–water partition coefficient (Wildman–Crippen LogP) is 2.85. The molecule has 25 heavy (non-hydrogen) atoms. The first-order chi connectivity index (χ1) is 11.8. The van der Waals surface area contributed by atoms with Gasteiger partial charge in [-0.1, -0.05) is 6.92 Å². The molecular formula is C17H22N2O5S. The Morgan fingerprint density at radius 3 is 2.60 bits per heavy atom. The van der Waals surface area contributed by atoms with Crippen LogP contribution in [-0.4, -0.2) is 34.2 Å². The molecule has 0 aliphatic heterocycles. The quantitative estimate of drug-likeness (QED) is 0.731. The van der Waals surface area contributed by atoms with Gasteiger partial charge in [0.1, 0.15) is 15.7 Å². The molecule has 7 nitrogen and oxygen atoms in total. The highest BCUT2D eigenvalue weighted by Gasteiger charge is 2.24. The summed E-state index contributed by atoms with van der Waals surface area (Å²) in [5, 5.41) is 0.332. The zero-order valence-electron chi connectivity index (χ0n) is 15.0. The van der Waals surface area contributed by atoms with Crippen molar-refractivity contribution in [2.45, 2.75) is 53.2 Å². The number of aryl methyl sites for hydroxylation is 1. The summed E-state index contributed by atoms with van der Waals surface area (Å²) in [7, 11) is 0. The smallest absolute Gasteiger partial charge is 0.348 e. The molecule has 0 saturated heterocycles. The van der Waals surface area contributed by atoms with E-state index in [1.807, 2.05) is 6.92 Å². The van der Waals surface area contributed by atoms with Crippen molar-refractivity contribution in [3.05, 3.63) is 27.1 Å². The minimum atomic E-state index is -0.790. The van der Waals surface area contributed by atoms with Crippen molar-refractivity contribution in [2.75, 3.05) is 6.61 Å². The van der Waals surface area contributed by atoms with Crippen molar-refractivity contribution in [3.63, 3.8) is 0 Å². The lowest BCUT2D eigenvalue weighted by molar-refractivity contribution is -0.147. The Kier molecular flexibility index (Phi) is 5.94. The minimum Gasteiger partial charge on any atom is -0.464 e. The number of rotatable bonds is 6. The Balaban J connectivity index is 2.46. The van der Waals surface area contributed by atoms with Crippen molar-refractivity contribution < 1.29 is 19.1 Å². The highest BCUT2D eigenvalue weighted by molar-refractivity contribution is 7.20. The summed E-state index contributed by atoms with van der Waals surface area (Å²) in [6.45, 7) is 8.98. The Morgan fingerprint density at radius 2 is 2.00 bits per heavy atom. The lowest BCUT2D eigenvalue weighted by atomic mass is 10.2. The Hall–Kier alpha value is -2.22. The molecule has 0 fully saturated rings. The van der Waals surface area contributed by atoms with Gasteiger partial charge < -0.3 is 9.47 Å². The van der Waals surface area contributed by atoms with E-state index < -0.39 is 18.0 Å². The monoisotopic (exact) mass is 366 g/mol. The third-order valence-corrected chi connectivity index (χ3v) is 4.79. The SMILES string of the molecule is CCCOC(=O)[C@H](C)n1cnc2sc(C(=O)OC(C)C)c(C)c2c1=O. The molecule has 0 saturated carbocycles. The van der Waals surface area contributed by atoms with Crippen LogP contribution < -0.4 is 5.56 Å². The first-order valence-corrected chi connectivity index (χ1v) is 8.97. The van der Waals surface area contributed by atoms with E-state index in [9.17, 15) is 14.4 Å². The van der Waals surface area contributed by atoms with Gasteiger partial charge >= 0.3 is 11.9 Å². The van der Waals surface area contributed by atoms with E-state index in [4.69, 9.17) is 9.47 Å². The van der Waals surface area contributed by atoms with Crippen LogP contribution in [0.3, 0.4) is 0 Å². The lowest BCUT2D eigenvalue weighted by Crippen LogP contribution is -2.29. The number of ether oxygens (including phenoxy) is 2. The molecule has 8 heteroatoms. The third-order valence-electron chi connectivity index (χ3n) is 3.61. The molecule has 2 heterocycles. The van der Waals surface area contributed by atoms with E-state index in [0.29, 0.717) is 33.7 Å². The molecular weight excluding hydrogens is 344 g/mol. The van der Waals surface area contributed by atoms with Crippen LogP contribution in [0.2, 0.25) is 0 Å². The van der Waals surface area contributed by atoms with Crippen LogP contribution in [0.5, 0.6) is 0 Å². The first kappa shape index (κ1) is 19.1. The standard InChI is InChI=1S/C17H22N2O5S/c1-6-7-23-16(21)11(5)19-8-18-14-12(15(19)20)10(4)13(25-14)17(22)24-9(2)3/h8-9,11H,6-7H2,1-5H3/t11-/m0/s1. The highest BCUT2D eigenvalue weighted by atomic mass is 32.1.